The second-order valence-electron chi connectivity index (χ2n) is 8.65. The zero-order valence-electron chi connectivity index (χ0n) is 20.3. The summed E-state index contributed by atoms with van der Waals surface area (Å²) in [5, 5.41) is 9.46. The fourth-order valence-corrected chi connectivity index (χ4v) is 3.98. The molecule has 0 radical (unpaired) electrons. The number of carbonyl (C=O) groups is 1. The van der Waals surface area contributed by atoms with Gasteiger partial charge in [0.05, 0.1) is 10.5 Å². The zero-order chi connectivity index (χ0) is 25.5. The first-order valence-corrected chi connectivity index (χ1v) is 12.5. The molecule has 0 aliphatic rings. The third-order valence-electron chi connectivity index (χ3n) is 5.80. The number of carbonyl (C=O) groups excluding carboxylic acids is 1. The highest BCUT2D eigenvalue weighted by Gasteiger charge is 2.14. The molecule has 5 N–H and O–H groups in total. The van der Waals surface area contributed by atoms with E-state index in [0.29, 0.717) is 30.4 Å². The average Bonchev–Trinajstić information content (AvgIpc) is 2.87. The summed E-state index contributed by atoms with van der Waals surface area (Å²) in [6.45, 7) is 4.85. The highest BCUT2D eigenvalue weighted by Crippen LogP contribution is 2.24. The molecule has 3 aromatic carbocycles. The summed E-state index contributed by atoms with van der Waals surface area (Å²) in [6.07, 6.45) is 2.17. The molecular weight excluding hydrogens is 516 g/mol. The smallest absolute Gasteiger partial charge is 0.241 e. The maximum absolute atomic E-state index is 12.6. The normalized spacial score (nSPS) is 11.6. The van der Waals surface area contributed by atoms with Gasteiger partial charge in [-0.15, -0.1) is 0 Å². The number of halogens is 1. The molecule has 1 heterocycles. The number of hydrogen-bond acceptors (Lipinski definition) is 6. The van der Waals surface area contributed by atoms with E-state index in [4.69, 9.17) is 5.73 Å². The summed E-state index contributed by atoms with van der Waals surface area (Å²) in [5.74, 6) is 0.876. The lowest BCUT2D eigenvalue weighted by Crippen LogP contribution is -2.37. The Bertz CT molecular complexity index is 1350. The van der Waals surface area contributed by atoms with Crippen molar-refractivity contribution in [1.82, 2.24) is 9.97 Å². The van der Waals surface area contributed by atoms with E-state index >= 15 is 0 Å². The molecule has 0 fully saturated rings. The number of aryl methyl sites for hydroxylation is 2. The molecule has 36 heavy (non-hydrogen) atoms. The number of nitrogens with one attached hydrogen (secondary N) is 3. The molecule has 0 spiro atoms. The fraction of sp³-hybridized carbons (Fsp3) is 0.179. The van der Waals surface area contributed by atoms with Gasteiger partial charge in [-0.05, 0) is 76.7 Å². The Hall–Kier alpha value is -3.75. The summed E-state index contributed by atoms with van der Waals surface area (Å²) in [4.78, 5) is 21.6. The molecular formula is C28H29BrN6O. The Morgan fingerprint density at radius 2 is 1.72 bits per heavy atom. The van der Waals surface area contributed by atoms with Crippen molar-refractivity contribution in [1.29, 1.82) is 0 Å². The number of benzene rings is 3. The molecule has 0 aliphatic carbocycles. The largest absolute Gasteiger partial charge is 0.365 e. The Kier molecular flexibility index (Phi) is 8.30. The SMILES string of the molecule is Cc1ccc(CNc2nc(Nc3cccc(NC(=O)C(N)Cc4ccccc4)c3)ncc2Br)cc1C. The van der Waals surface area contributed by atoms with Crippen LogP contribution in [-0.4, -0.2) is 21.9 Å². The Labute approximate surface area is 219 Å². The van der Waals surface area contributed by atoms with Crippen LogP contribution in [0, 0.1) is 13.8 Å². The van der Waals surface area contributed by atoms with Crippen LogP contribution in [0.3, 0.4) is 0 Å². The highest BCUT2D eigenvalue weighted by atomic mass is 79.9. The monoisotopic (exact) mass is 544 g/mol. The molecule has 1 atom stereocenters. The highest BCUT2D eigenvalue weighted by molar-refractivity contribution is 9.10. The van der Waals surface area contributed by atoms with Crippen molar-refractivity contribution in [3.05, 3.63) is 106 Å². The van der Waals surface area contributed by atoms with E-state index in [1.54, 1.807) is 6.20 Å². The molecule has 7 nitrogen and oxygen atoms in total. The third kappa shape index (κ3) is 6.90. The molecule has 184 valence electrons. The van der Waals surface area contributed by atoms with E-state index in [-0.39, 0.29) is 5.91 Å². The standard InChI is InChI=1S/C28H29BrN6O/c1-18-11-12-21(13-19(18)2)16-31-26-24(29)17-32-28(35-26)34-23-10-6-9-22(15-23)33-27(36)25(30)14-20-7-4-3-5-8-20/h3-13,15,17,25H,14,16,30H2,1-2H3,(H,33,36)(H2,31,32,34,35). The van der Waals surface area contributed by atoms with Crippen LogP contribution in [0.5, 0.6) is 0 Å². The average molecular weight is 545 g/mol. The molecule has 0 saturated carbocycles. The van der Waals surface area contributed by atoms with E-state index in [1.165, 1.54) is 16.7 Å². The molecule has 4 rings (SSSR count). The first kappa shape index (κ1) is 25.3. The number of rotatable bonds is 9. The van der Waals surface area contributed by atoms with Crippen LogP contribution in [0.15, 0.2) is 83.5 Å². The summed E-state index contributed by atoms with van der Waals surface area (Å²) < 4.78 is 0.769. The van der Waals surface area contributed by atoms with Crippen LogP contribution in [-0.2, 0) is 17.8 Å². The molecule has 1 unspecified atom stereocenters. The molecule has 1 amide bonds. The van der Waals surface area contributed by atoms with Gasteiger partial charge in [-0.3, -0.25) is 4.79 Å². The quantitative estimate of drug-likeness (QED) is 0.215. The lowest BCUT2D eigenvalue weighted by atomic mass is 10.1. The van der Waals surface area contributed by atoms with E-state index in [1.807, 2.05) is 54.6 Å². The number of nitrogens with zero attached hydrogens (tertiary/aromatic N) is 2. The van der Waals surface area contributed by atoms with Gasteiger partial charge in [-0.25, -0.2) is 4.98 Å². The van der Waals surface area contributed by atoms with Crippen LogP contribution in [0.25, 0.3) is 0 Å². The lowest BCUT2D eigenvalue weighted by molar-refractivity contribution is -0.117. The van der Waals surface area contributed by atoms with Gasteiger partial charge in [0.25, 0.3) is 0 Å². The van der Waals surface area contributed by atoms with Gasteiger partial charge in [-0.2, -0.15) is 4.98 Å². The molecule has 4 aromatic rings. The molecule has 8 heteroatoms. The van der Waals surface area contributed by atoms with Crippen LogP contribution >= 0.6 is 15.9 Å². The second kappa shape index (κ2) is 11.8. The minimum Gasteiger partial charge on any atom is -0.365 e. The van der Waals surface area contributed by atoms with Gasteiger partial charge in [0.1, 0.15) is 5.82 Å². The molecule has 0 aliphatic heterocycles. The first-order valence-electron chi connectivity index (χ1n) is 11.7. The van der Waals surface area contributed by atoms with Crippen molar-refractivity contribution in [3.63, 3.8) is 0 Å². The van der Waals surface area contributed by atoms with Gasteiger partial charge >= 0.3 is 0 Å². The first-order chi connectivity index (χ1) is 17.4. The van der Waals surface area contributed by atoms with Crippen LogP contribution < -0.4 is 21.7 Å². The minimum absolute atomic E-state index is 0.242. The maximum atomic E-state index is 12.6. The molecule has 1 aromatic heterocycles. The van der Waals surface area contributed by atoms with Crippen LogP contribution in [0.2, 0.25) is 0 Å². The van der Waals surface area contributed by atoms with Crippen LogP contribution in [0.4, 0.5) is 23.1 Å². The van der Waals surface area contributed by atoms with Gasteiger partial charge < -0.3 is 21.7 Å². The number of amides is 1. The summed E-state index contributed by atoms with van der Waals surface area (Å²) in [5.41, 5.74) is 12.2. The van der Waals surface area contributed by atoms with Gasteiger partial charge in [0.2, 0.25) is 11.9 Å². The topological polar surface area (TPSA) is 105 Å². The van der Waals surface area contributed by atoms with Crippen molar-refractivity contribution in [2.24, 2.45) is 5.73 Å². The predicted octanol–water partition coefficient (Wildman–Crippen LogP) is 5.72. The fourth-order valence-electron chi connectivity index (χ4n) is 3.65. The Morgan fingerprint density at radius 3 is 2.50 bits per heavy atom. The summed E-state index contributed by atoms with van der Waals surface area (Å²) >= 11 is 3.52. The summed E-state index contributed by atoms with van der Waals surface area (Å²) in [7, 11) is 0. The number of nitrogens with two attached hydrogens (primary N) is 1. The lowest BCUT2D eigenvalue weighted by Gasteiger charge is -2.14. The molecule has 0 saturated heterocycles. The van der Waals surface area contributed by atoms with E-state index in [0.717, 1.165) is 15.7 Å². The third-order valence-corrected chi connectivity index (χ3v) is 6.38. The van der Waals surface area contributed by atoms with Crippen molar-refractivity contribution in [2.75, 3.05) is 16.0 Å². The maximum Gasteiger partial charge on any atom is 0.241 e. The van der Waals surface area contributed by atoms with Crippen molar-refractivity contribution < 1.29 is 4.79 Å². The van der Waals surface area contributed by atoms with Crippen molar-refractivity contribution in [2.45, 2.75) is 32.9 Å². The molecule has 0 bridgehead atoms. The Balaban J connectivity index is 1.39. The number of hydrogen-bond donors (Lipinski definition) is 4. The number of aromatic nitrogens is 2. The van der Waals surface area contributed by atoms with Crippen LogP contribution in [0.1, 0.15) is 22.3 Å². The van der Waals surface area contributed by atoms with E-state index in [9.17, 15) is 4.79 Å². The van der Waals surface area contributed by atoms with Gasteiger partial charge in [0, 0.05) is 24.1 Å². The van der Waals surface area contributed by atoms with Crippen molar-refractivity contribution >= 4 is 45.0 Å². The van der Waals surface area contributed by atoms with E-state index in [2.05, 4.69) is 73.9 Å². The van der Waals surface area contributed by atoms with Crippen molar-refractivity contribution in [3.8, 4) is 0 Å². The minimum atomic E-state index is -0.648. The Morgan fingerprint density at radius 1 is 0.944 bits per heavy atom. The number of anilines is 4. The predicted molar refractivity (Wildman–Crippen MR) is 149 cm³/mol. The van der Waals surface area contributed by atoms with Gasteiger partial charge in [-0.1, -0.05) is 54.6 Å². The summed E-state index contributed by atoms with van der Waals surface area (Å²) in [6, 6.07) is 22.8. The zero-order valence-corrected chi connectivity index (χ0v) is 21.8. The van der Waals surface area contributed by atoms with E-state index < -0.39 is 6.04 Å². The van der Waals surface area contributed by atoms with Gasteiger partial charge in [0.15, 0.2) is 0 Å². The second-order valence-corrected chi connectivity index (χ2v) is 9.51.